The fraction of sp³-hybridized carbons (Fsp3) is 0.0769. The molecule has 0 spiro atoms. The zero-order valence-electron chi connectivity index (χ0n) is 10.4. The van der Waals surface area contributed by atoms with Gasteiger partial charge >= 0.3 is 0 Å². The lowest BCUT2D eigenvalue weighted by atomic mass is 10.2. The maximum atomic E-state index is 13.1. The number of nitrogens with zero attached hydrogens (tertiary/aromatic N) is 1. The zero-order chi connectivity index (χ0) is 15.6. The summed E-state index contributed by atoms with van der Waals surface area (Å²) >= 11 is 15.2. The summed E-state index contributed by atoms with van der Waals surface area (Å²) in [6, 6.07) is 6.67. The molecule has 0 aliphatic rings. The number of hydrogen-bond donors (Lipinski definition) is 1. The number of halogens is 4. The van der Waals surface area contributed by atoms with Gasteiger partial charge in [0.1, 0.15) is 5.82 Å². The number of anilines is 1. The molecular weight excluding hydrogens is 386 g/mol. The standard InChI is InChI=1S/C13H8BrCl2FN2O2/c14-10-3-8(17)4-12(16)13(10)18-6-7-1-2-9(19(20)21)5-11(7)15/h1-5,18H,6H2. The van der Waals surface area contributed by atoms with E-state index in [9.17, 15) is 14.5 Å². The van der Waals surface area contributed by atoms with Crippen molar-refractivity contribution in [3.8, 4) is 0 Å². The van der Waals surface area contributed by atoms with Crippen molar-refractivity contribution in [3.63, 3.8) is 0 Å². The SMILES string of the molecule is O=[N+]([O-])c1ccc(CNc2c(Cl)cc(F)cc2Br)c(Cl)c1. The van der Waals surface area contributed by atoms with Crippen molar-refractivity contribution >= 4 is 50.5 Å². The lowest BCUT2D eigenvalue weighted by Crippen LogP contribution is -2.02. The van der Waals surface area contributed by atoms with Crippen LogP contribution in [0.1, 0.15) is 5.56 Å². The summed E-state index contributed by atoms with van der Waals surface area (Å²) in [5.41, 5.74) is 1.10. The second-order valence-corrected chi connectivity index (χ2v) is 5.80. The fourth-order valence-electron chi connectivity index (χ4n) is 1.69. The molecule has 0 aliphatic heterocycles. The van der Waals surface area contributed by atoms with Crippen molar-refractivity contribution in [3.05, 3.63) is 66.3 Å². The van der Waals surface area contributed by atoms with Gasteiger partial charge in [0, 0.05) is 23.2 Å². The number of rotatable bonds is 4. The zero-order valence-corrected chi connectivity index (χ0v) is 13.5. The van der Waals surface area contributed by atoms with Crippen LogP contribution in [-0.2, 0) is 6.54 Å². The van der Waals surface area contributed by atoms with Crippen LogP contribution in [0.4, 0.5) is 15.8 Å². The van der Waals surface area contributed by atoms with Crippen molar-refractivity contribution in [2.45, 2.75) is 6.54 Å². The summed E-state index contributed by atoms with van der Waals surface area (Å²) in [7, 11) is 0. The number of nitro groups is 1. The average molecular weight is 394 g/mol. The highest BCUT2D eigenvalue weighted by molar-refractivity contribution is 9.10. The lowest BCUT2D eigenvalue weighted by Gasteiger charge is -2.11. The molecule has 2 aromatic rings. The number of benzene rings is 2. The minimum absolute atomic E-state index is 0.0789. The van der Waals surface area contributed by atoms with E-state index in [1.807, 2.05) is 0 Å². The van der Waals surface area contributed by atoms with Crippen molar-refractivity contribution in [1.29, 1.82) is 0 Å². The maximum absolute atomic E-state index is 13.1. The summed E-state index contributed by atoms with van der Waals surface area (Å²) in [4.78, 5) is 10.1. The first kappa shape index (κ1) is 16.0. The summed E-state index contributed by atoms with van der Waals surface area (Å²) in [5, 5.41) is 14.1. The third-order valence-corrected chi connectivity index (χ3v) is 3.99. The van der Waals surface area contributed by atoms with Crippen molar-refractivity contribution in [2.24, 2.45) is 0 Å². The predicted octanol–water partition coefficient (Wildman–Crippen LogP) is 5.42. The van der Waals surface area contributed by atoms with E-state index in [4.69, 9.17) is 23.2 Å². The van der Waals surface area contributed by atoms with Gasteiger partial charge in [0.2, 0.25) is 0 Å². The molecule has 0 aliphatic carbocycles. The van der Waals surface area contributed by atoms with Crippen LogP contribution in [0.15, 0.2) is 34.8 Å². The molecule has 1 N–H and O–H groups in total. The van der Waals surface area contributed by atoms with Gasteiger partial charge in [-0.3, -0.25) is 10.1 Å². The third-order valence-electron chi connectivity index (χ3n) is 2.71. The number of hydrogen-bond acceptors (Lipinski definition) is 3. The molecule has 0 unspecified atom stereocenters. The van der Waals surface area contributed by atoms with E-state index in [0.29, 0.717) is 22.3 Å². The molecule has 0 saturated heterocycles. The summed E-state index contributed by atoms with van der Waals surface area (Å²) in [6.45, 7) is 0.292. The van der Waals surface area contributed by atoms with Gasteiger partial charge in [-0.15, -0.1) is 0 Å². The van der Waals surface area contributed by atoms with Crippen LogP contribution in [-0.4, -0.2) is 4.92 Å². The first-order chi connectivity index (χ1) is 9.88. The van der Waals surface area contributed by atoms with E-state index in [-0.39, 0.29) is 15.7 Å². The molecule has 0 saturated carbocycles. The van der Waals surface area contributed by atoms with E-state index in [1.54, 1.807) is 6.07 Å². The molecule has 110 valence electrons. The average Bonchev–Trinajstić information content (AvgIpc) is 2.38. The van der Waals surface area contributed by atoms with Crippen LogP contribution in [0.5, 0.6) is 0 Å². The second-order valence-electron chi connectivity index (χ2n) is 4.13. The van der Waals surface area contributed by atoms with Gasteiger partial charge in [0.15, 0.2) is 0 Å². The van der Waals surface area contributed by atoms with Crippen molar-refractivity contribution < 1.29 is 9.31 Å². The largest absolute Gasteiger partial charge is 0.379 e. The topological polar surface area (TPSA) is 55.2 Å². The molecule has 0 atom stereocenters. The van der Waals surface area contributed by atoms with Crippen LogP contribution >= 0.6 is 39.1 Å². The quantitative estimate of drug-likeness (QED) is 0.557. The molecule has 0 bridgehead atoms. The highest BCUT2D eigenvalue weighted by atomic mass is 79.9. The Kier molecular flexibility index (Phi) is 5.03. The van der Waals surface area contributed by atoms with E-state index in [1.165, 1.54) is 24.3 Å². The van der Waals surface area contributed by atoms with Gasteiger partial charge in [-0.25, -0.2) is 4.39 Å². The highest BCUT2D eigenvalue weighted by Gasteiger charge is 2.11. The second kappa shape index (κ2) is 6.60. The van der Waals surface area contributed by atoms with Gasteiger partial charge < -0.3 is 5.32 Å². The van der Waals surface area contributed by atoms with E-state index in [0.717, 1.165) is 0 Å². The smallest absolute Gasteiger partial charge is 0.270 e. The number of nitro benzene ring substituents is 1. The van der Waals surface area contributed by atoms with Gasteiger partial charge in [-0.05, 0) is 39.7 Å². The van der Waals surface area contributed by atoms with Crippen LogP contribution in [0.25, 0.3) is 0 Å². The summed E-state index contributed by atoms with van der Waals surface area (Å²) in [5.74, 6) is -0.453. The molecule has 0 fully saturated rings. The van der Waals surface area contributed by atoms with E-state index < -0.39 is 10.7 Å². The summed E-state index contributed by atoms with van der Waals surface area (Å²) < 4.78 is 13.6. The maximum Gasteiger partial charge on any atom is 0.270 e. The molecule has 8 heteroatoms. The molecule has 2 aromatic carbocycles. The first-order valence-electron chi connectivity index (χ1n) is 5.69. The van der Waals surface area contributed by atoms with Crippen LogP contribution in [0.2, 0.25) is 10.0 Å². The molecule has 2 rings (SSSR count). The van der Waals surface area contributed by atoms with Gasteiger partial charge in [0.05, 0.1) is 20.7 Å². The Bertz CT molecular complexity index is 690. The van der Waals surface area contributed by atoms with Gasteiger partial charge in [0.25, 0.3) is 5.69 Å². The Morgan fingerprint density at radius 3 is 2.52 bits per heavy atom. The lowest BCUT2D eigenvalue weighted by molar-refractivity contribution is -0.384. The Morgan fingerprint density at radius 2 is 1.95 bits per heavy atom. The monoisotopic (exact) mass is 392 g/mol. The van der Waals surface area contributed by atoms with Crippen LogP contribution < -0.4 is 5.32 Å². The molecule has 0 radical (unpaired) electrons. The minimum atomic E-state index is -0.517. The Hall–Kier alpha value is -1.37. The number of nitrogens with one attached hydrogen (secondary N) is 1. The van der Waals surface area contributed by atoms with Crippen molar-refractivity contribution in [1.82, 2.24) is 0 Å². The van der Waals surface area contributed by atoms with Gasteiger partial charge in [-0.1, -0.05) is 23.2 Å². The van der Waals surface area contributed by atoms with Gasteiger partial charge in [-0.2, -0.15) is 0 Å². The first-order valence-corrected chi connectivity index (χ1v) is 7.24. The fourth-order valence-corrected chi connectivity index (χ4v) is 2.89. The molecule has 21 heavy (non-hydrogen) atoms. The molecule has 0 aromatic heterocycles. The minimum Gasteiger partial charge on any atom is -0.379 e. The Morgan fingerprint density at radius 1 is 1.24 bits per heavy atom. The van der Waals surface area contributed by atoms with Crippen molar-refractivity contribution in [2.75, 3.05) is 5.32 Å². The normalized spacial score (nSPS) is 10.5. The van der Waals surface area contributed by atoms with E-state index >= 15 is 0 Å². The Labute approximate surface area is 138 Å². The Balaban J connectivity index is 2.19. The molecule has 0 heterocycles. The predicted molar refractivity (Wildman–Crippen MR) is 84.5 cm³/mol. The molecule has 4 nitrogen and oxygen atoms in total. The molecular formula is C13H8BrCl2FN2O2. The highest BCUT2D eigenvalue weighted by Crippen LogP contribution is 2.32. The van der Waals surface area contributed by atoms with Crippen LogP contribution in [0, 0.1) is 15.9 Å². The van der Waals surface area contributed by atoms with Crippen LogP contribution in [0.3, 0.4) is 0 Å². The third kappa shape index (κ3) is 3.84. The number of non-ortho nitro benzene ring substituents is 1. The molecule has 0 amide bonds. The van der Waals surface area contributed by atoms with E-state index in [2.05, 4.69) is 21.2 Å². The summed E-state index contributed by atoms with van der Waals surface area (Å²) in [6.07, 6.45) is 0.